The summed E-state index contributed by atoms with van der Waals surface area (Å²) in [5.74, 6) is 0. The van der Waals surface area contributed by atoms with Gasteiger partial charge in [0.25, 0.3) is 0 Å². The highest BCUT2D eigenvalue weighted by Gasteiger charge is 1.73. The Kier molecular flexibility index (Phi) is 5.78. The number of rotatable bonds is 4. The van der Waals surface area contributed by atoms with E-state index >= 15 is 0 Å². The first-order valence-corrected chi connectivity index (χ1v) is 2.41. The Balaban J connectivity index is 2.45. The van der Waals surface area contributed by atoms with Crippen LogP contribution in [-0.4, -0.2) is 20.3 Å². The topological polar surface area (TPSA) is 33.3 Å². The predicted molar refractivity (Wildman–Crippen MR) is 28.7 cm³/mol. The Hall–Kier alpha value is -0.120. The molecule has 7 heavy (non-hydrogen) atoms. The molecular formula is C4H12N2O. The Morgan fingerprint density at radius 2 is 2.29 bits per heavy atom. The van der Waals surface area contributed by atoms with Crippen molar-refractivity contribution in [3.63, 3.8) is 0 Å². The molecule has 0 spiro atoms. The summed E-state index contributed by atoms with van der Waals surface area (Å²) in [6.45, 7) is 3.35. The summed E-state index contributed by atoms with van der Waals surface area (Å²) in [5.41, 5.74) is 2.67. The average Bonchev–Trinajstić information content (AvgIpc) is 1.69. The molecule has 0 aromatic carbocycles. The fraction of sp³-hybridized carbons (Fsp3) is 1.00. The molecule has 2 N–H and O–H groups in total. The van der Waals surface area contributed by atoms with Crippen LogP contribution >= 0.6 is 0 Å². The molecule has 0 bridgehead atoms. The number of nitrogens with one attached hydrogen (secondary N) is 2. The summed E-state index contributed by atoms with van der Waals surface area (Å²) in [6, 6.07) is 0. The van der Waals surface area contributed by atoms with E-state index in [1.165, 1.54) is 0 Å². The van der Waals surface area contributed by atoms with Crippen LogP contribution in [0.2, 0.25) is 0 Å². The van der Waals surface area contributed by atoms with E-state index in [-0.39, 0.29) is 0 Å². The van der Waals surface area contributed by atoms with Gasteiger partial charge in [-0.15, -0.1) is 0 Å². The van der Waals surface area contributed by atoms with Crippen LogP contribution in [0, 0.1) is 0 Å². The summed E-state index contributed by atoms with van der Waals surface area (Å²) in [6.07, 6.45) is 0. The lowest BCUT2D eigenvalue weighted by molar-refractivity contribution is 0.0476. The summed E-state index contributed by atoms with van der Waals surface area (Å²) in [5, 5.41) is 2.87. The molecule has 0 radical (unpaired) electrons. The van der Waals surface area contributed by atoms with Crippen molar-refractivity contribution in [1.82, 2.24) is 10.8 Å². The third-order valence-electron chi connectivity index (χ3n) is 0.495. The molecule has 0 aromatic rings. The molecule has 0 saturated heterocycles. The zero-order valence-corrected chi connectivity index (χ0v) is 4.82. The van der Waals surface area contributed by atoms with Crippen molar-refractivity contribution in [2.45, 2.75) is 6.92 Å². The normalized spacial score (nSPS) is 9.43. The first-order valence-electron chi connectivity index (χ1n) is 2.41. The third kappa shape index (κ3) is 5.88. The molecule has 0 aliphatic heterocycles. The Labute approximate surface area is 44.0 Å². The highest BCUT2D eigenvalue weighted by molar-refractivity contribution is 4.19. The SMILES string of the molecule is CCONCNC. The minimum Gasteiger partial charge on any atom is -0.306 e. The van der Waals surface area contributed by atoms with Crippen molar-refractivity contribution in [1.29, 1.82) is 0 Å². The van der Waals surface area contributed by atoms with E-state index in [1.807, 2.05) is 14.0 Å². The van der Waals surface area contributed by atoms with Gasteiger partial charge in [-0.1, -0.05) is 0 Å². The van der Waals surface area contributed by atoms with E-state index in [1.54, 1.807) is 0 Å². The highest BCUT2D eigenvalue weighted by Crippen LogP contribution is 1.57. The molecule has 0 aliphatic carbocycles. The van der Waals surface area contributed by atoms with E-state index in [0.29, 0.717) is 13.3 Å². The van der Waals surface area contributed by atoms with Crippen LogP contribution in [0.15, 0.2) is 0 Å². The van der Waals surface area contributed by atoms with Crippen molar-refractivity contribution in [3.8, 4) is 0 Å². The highest BCUT2D eigenvalue weighted by atomic mass is 16.6. The molecule has 0 atom stereocenters. The van der Waals surface area contributed by atoms with Gasteiger partial charge in [-0.25, -0.2) is 0 Å². The van der Waals surface area contributed by atoms with Gasteiger partial charge in [0, 0.05) is 0 Å². The van der Waals surface area contributed by atoms with Crippen molar-refractivity contribution in [2.24, 2.45) is 0 Å². The van der Waals surface area contributed by atoms with Crippen LogP contribution in [0.4, 0.5) is 0 Å². The van der Waals surface area contributed by atoms with Gasteiger partial charge in [0.1, 0.15) is 0 Å². The molecule has 0 unspecified atom stereocenters. The van der Waals surface area contributed by atoms with Crippen molar-refractivity contribution in [2.75, 3.05) is 20.3 Å². The maximum absolute atomic E-state index is 4.76. The van der Waals surface area contributed by atoms with Gasteiger partial charge in [0.2, 0.25) is 0 Å². The van der Waals surface area contributed by atoms with Crippen molar-refractivity contribution >= 4 is 0 Å². The minimum atomic E-state index is 0.702. The first kappa shape index (κ1) is 6.88. The molecule has 0 aromatic heterocycles. The van der Waals surface area contributed by atoms with Gasteiger partial charge in [-0.2, -0.15) is 5.48 Å². The smallest absolute Gasteiger partial charge is 0.0698 e. The van der Waals surface area contributed by atoms with Crippen LogP contribution in [0.5, 0.6) is 0 Å². The predicted octanol–water partition coefficient (Wildman–Crippen LogP) is -0.296. The lowest BCUT2D eigenvalue weighted by Gasteiger charge is -1.99. The molecule has 0 aliphatic rings. The molecule has 0 amide bonds. The van der Waals surface area contributed by atoms with E-state index < -0.39 is 0 Å². The van der Waals surface area contributed by atoms with Crippen molar-refractivity contribution in [3.05, 3.63) is 0 Å². The van der Waals surface area contributed by atoms with Crippen LogP contribution in [-0.2, 0) is 4.84 Å². The number of hydroxylamine groups is 1. The monoisotopic (exact) mass is 104 g/mol. The zero-order chi connectivity index (χ0) is 5.54. The second-order valence-corrected chi connectivity index (χ2v) is 1.11. The molecule has 44 valence electrons. The maximum atomic E-state index is 4.76. The second kappa shape index (κ2) is 5.88. The minimum absolute atomic E-state index is 0.702. The fourth-order valence-corrected chi connectivity index (χ4v) is 0.225. The number of hydrogen-bond donors (Lipinski definition) is 2. The van der Waals surface area contributed by atoms with E-state index in [0.717, 1.165) is 0 Å². The number of hydrogen-bond acceptors (Lipinski definition) is 3. The largest absolute Gasteiger partial charge is 0.306 e. The Bertz CT molecular complexity index is 28.9. The molecule has 0 rings (SSSR count). The molecule has 0 heterocycles. The van der Waals surface area contributed by atoms with Gasteiger partial charge in [0.05, 0.1) is 13.3 Å². The van der Waals surface area contributed by atoms with E-state index in [4.69, 9.17) is 4.84 Å². The summed E-state index contributed by atoms with van der Waals surface area (Å²) in [7, 11) is 1.85. The molecule has 0 fully saturated rings. The van der Waals surface area contributed by atoms with Gasteiger partial charge in [-0.3, -0.25) is 0 Å². The molecule has 0 saturated carbocycles. The van der Waals surface area contributed by atoms with Crippen LogP contribution in [0.25, 0.3) is 0 Å². The van der Waals surface area contributed by atoms with Crippen molar-refractivity contribution < 1.29 is 4.84 Å². The fourth-order valence-electron chi connectivity index (χ4n) is 0.225. The van der Waals surface area contributed by atoms with Crippen LogP contribution in [0.1, 0.15) is 6.92 Å². The average molecular weight is 104 g/mol. The van der Waals surface area contributed by atoms with Crippen LogP contribution < -0.4 is 10.8 Å². The van der Waals surface area contributed by atoms with E-state index in [9.17, 15) is 0 Å². The molecular weight excluding hydrogens is 92.1 g/mol. The standard InChI is InChI=1S/C4H12N2O/c1-3-7-6-4-5-2/h5-6H,3-4H2,1-2H3. The first-order chi connectivity index (χ1) is 3.41. The Morgan fingerprint density at radius 1 is 1.57 bits per heavy atom. The lowest BCUT2D eigenvalue weighted by atomic mass is 10.9. The van der Waals surface area contributed by atoms with Crippen LogP contribution in [0.3, 0.4) is 0 Å². The summed E-state index contributed by atoms with van der Waals surface area (Å²) in [4.78, 5) is 4.76. The van der Waals surface area contributed by atoms with E-state index in [2.05, 4.69) is 10.8 Å². The third-order valence-corrected chi connectivity index (χ3v) is 0.495. The quantitative estimate of drug-likeness (QED) is 0.292. The van der Waals surface area contributed by atoms with Gasteiger partial charge >= 0.3 is 0 Å². The maximum Gasteiger partial charge on any atom is 0.0698 e. The van der Waals surface area contributed by atoms with Gasteiger partial charge < -0.3 is 10.2 Å². The zero-order valence-electron chi connectivity index (χ0n) is 4.82. The second-order valence-electron chi connectivity index (χ2n) is 1.11. The Morgan fingerprint density at radius 3 is 2.71 bits per heavy atom. The molecule has 3 nitrogen and oxygen atoms in total. The van der Waals surface area contributed by atoms with Gasteiger partial charge in [0.15, 0.2) is 0 Å². The summed E-state index contributed by atoms with van der Waals surface area (Å²) >= 11 is 0. The van der Waals surface area contributed by atoms with Gasteiger partial charge in [-0.05, 0) is 14.0 Å². The lowest BCUT2D eigenvalue weighted by Crippen LogP contribution is -2.25. The summed E-state index contributed by atoms with van der Waals surface area (Å²) < 4.78 is 0. The molecule has 3 heteroatoms.